The number of hydrogen-bond donors (Lipinski definition) is 1. The number of nitrogens with zero attached hydrogens (tertiary/aromatic N) is 2. The summed E-state index contributed by atoms with van der Waals surface area (Å²) in [6.07, 6.45) is 7.07. The van der Waals surface area contributed by atoms with Crippen LogP contribution in [0.3, 0.4) is 0 Å². The SMILES string of the molecule is O=C(C1CCN(S(=O)(=O)c2ccc3c(c2)CCC3)CC1)N1CC=C(c2ccc(O)cc2)CC1. The first-order valence-electron chi connectivity index (χ1n) is 11.8. The monoisotopic (exact) mass is 466 g/mol. The number of carbonyl (C=O) groups excluding carboxylic acids is 1. The second-order valence-electron chi connectivity index (χ2n) is 9.27. The van der Waals surface area contributed by atoms with Gasteiger partial charge in [0.25, 0.3) is 0 Å². The molecule has 6 nitrogen and oxygen atoms in total. The van der Waals surface area contributed by atoms with E-state index in [4.69, 9.17) is 0 Å². The minimum absolute atomic E-state index is 0.125. The summed E-state index contributed by atoms with van der Waals surface area (Å²) in [5.74, 6) is 0.252. The molecule has 5 rings (SSSR count). The van der Waals surface area contributed by atoms with E-state index < -0.39 is 10.0 Å². The van der Waals surface area contributed by atoms with E-state index in [1.54, 1.807) is 22.5 Å². The van der Waals surface area contributed by atoms with Crippen LogP contribution in [0.1, 0.15) is 42.4 Å². The lowest BCUT2D eigenvalue weighted by Gasteiger charge is -2.35. The molecular formula is C26H30N2O4S. The normalized spacial score (nSPS) is 19.9. The number of phenolic OH excluding ortho intramolecular Hbond substituents is 1. The molecule has 1 saturated heterocycles. The Hall–Kier alpha value is -2.64. The van der Waals surface area contributed by atoms with Crippen LogP contribution in [0.4, 0.5) is 0 Å². The molecule has 7 heteroatoms. The zero-order chi connectivity index (χ0) is 23.0. The van der Waals surface area contributed by atoms with Gasteiger partial charge in [-0.1, -0.05) is 24.3 Å². The highest BCUT2D eigenvalue weighted by molar-refractivity contribution is 7.89. The number of aromatic hydroxyl groups is 1. The Kier molecular flexibility index (Phi) is 6.01. The standard InChI is InChI=1S/C26H30N2O4S/c29-24-7-4-20(5-8-24)21-10-14-27(15-11-21)26(30)22-12-16-28(17-13-22)33(31,32)25-9-6-19-2-1-3-23(19)18-25/h4-10,18,22,29H,1-3,11-17H2. The van der Waals surface area contributed by atoms with Crippen LogP contribution in [0.5, 0.6) is 5.75 Å². The van der Waals surface area contributed by atoms with E-state index in [1.807, 2.05) is 29.2 Å². The van der Waals surface area contributed by atoms with Gasteiger partial charge in [-0.05, 0) is 85.1 Å². The molecule has 1 N–H and O–H groups in total. The second kappa shape index (κ2) is 8.95. The molecule has 1 aliphatic carbocycles. The fourth-order valence-electron chi connectivity index (χ4n) is 5.27. The van der Waals surface area contributed by atoms with Gasteiger partial charge in [-0.15, -0.1) is 0 Å². The van der Waals surface area contributed by atoms with Gasteiger partial charge in [-0.25, -0.2) is 8.42 Å². The van der Waals surface area contributed by atoms with Crippen LogP contribution >= 0.6 is 0 Å². The first kappa shape index (κ1) is 22.2. The van der Waals surface area contributed by atoms with Gasteiger partial charge >= 0.3 is 0 Å². The molecule has 33 heavy (non-hydrogen) atoms. The van der Waals surface area contributed by atoms with E-state index >= 15 is 0 Å². The quantitative estimate of drug-likeness (QED) is 0.747. The first-order chi connectivity index (χ1) is 15.9. The zero-order valence-electron chi connectivity index (χ0n) is 18.7. The number of rotatable bonds is 4. The Balaban J connectivity index is 1.19. The molecule has 2 aromatic rings. The lowest BCUT2D eigenvalue weighted by Crippen LogP contribution is -2.45. The van der Waals surface area contributed by atoms with Crippen LogP contribution in [-0.4, -0.2) is 54.8 Å². The van der Waals surface area contributed by atoms with Crippen LogP contribution in [0.25, 0.3) is 5.57 Å². The fraction of sp³-hybridized carbons (Fsp3) is 0.423. The summed E-state index contributed by atoms with van der Waals surface area (Å²) in [6.45, 7) is 2.01. The van der Waals surface area contributed by atoms with Crippen molar-refractivity contribution in [3.63, 3.8) is 0 Å². The molecule has 3 aliphatic rings. The van der Waals surface area contributed by atoms with Crippen molar-refractivity contribution in [1.29, 1.82) is 0 Å². The van der Waals surface area contributed by atoms with Gasteiger partial charge in [-0.2, -0.15) is 4.31 Å². The third-order valence-corrected chi connectivity index (χ3v) is 9.16. The second-order valence-corrected chi connectivity index (χ2v) is 11.2. The third kappa shape index (κ3) is 4.44. The number of fused-ring (bicyclic) bond motifs is 1. The molecule has 2 heterocycles. The Morgan fingerprint density at radius 1 is 0.909 bits per heavy atom. The minimum Gasteiger partial charge on any atom is -0.508 e. The van der Waals surface area contributed by atoms with Gasteiger partial charge < -0.3 is 10.0 Å². The van der Waals surface area contributed by atoms with Crippen LogP contribution in [0.2, 0.25) is 0 Å². The van der Waals surface area contributed by atoms with E-state index in [9.17, 15) is 18.3 Å². The topological polar surface area (TPSA) is 77.9 Å². The molecule has 0 aromatic heterocycles. The van der Waals surface area contributed by atoms with Crippen LogP contribution in [-0.2, 0) is 27.7 Å². The van der Waals surface area contributed by atoms with Crippen molar-refractivity contribution in [1.82, 2.24) is 9.21 Å². The highest BCUT2D eigenvalue weighted by Gasteiger charge is 2.34. The van der Waals surface area contributed by atoms with Gasteiger partial charge in [0.2, 0.25) is 15.9 Å². The number of benzene rings is 2. The van der Waals surface area contributed by atoms with Gasteiger partial charge in [0.15, 0.2) is 0 Å². The summed E-state index contributed by atoms with van der Waals surface area (Å²) in [4.78, 5) is 15.4. The smallest absolute Gasteiger partial charge is 0.243 e. The zero-order valence-corrected chi connectivity index (χ0v) is 19.6. The lowest BCUT2D eigenvalue weighted by atomic mass is 9.94. The predicted octanol–water partition coefficient (Wildman–Crippen LogP) is 3.60. The summed E-state index contributed by atoms with van der Waals surface area (Å²) in [5.41, 5.74) is 4.69. The lowest BCUT2D eigenvalue weighted by molar-refractivity contribution is -0.136. The summed E-state index contributed by atoms with van der Waals surface area (Å²) >= 11 is 0. The molecule has 0 radical (unpaired) electrons. The number of sulfonamides is 1. The van der Waals surface area contributed by atoms with E-state index in [0.29, 0.717) is 43.9 Å². The average molecular weight is 467 g/mol. The van der Waals surface area contributed by atoms with Gasteiger partial charge in [0, 0.05) is 32.1 Å². The van der Waals surface area contributed by atoms with Gasteiger partial charge in [0.1, 0.15) is 5.75 Å². The van der Waals surface area contributed by atoms with Crippen LogP contribution in [0.15, 0.2) is 53.4 Å². The van der Waals surface area contributed by atoms with Crippen molar-refractivity contribution in [2.24, 2.45) is 5.92 Å². The average Bonchev–Trinajstić information content (AvgIpc) is 3.32. The largest absolute Gasteiger partial charge is 0.508 e. The fourth-order valence-corrected chi connectivity index (χ4v) is 6.79. The third-order valence-electron chi connectivity index (χ3n) is 7.27. The summed E-state index contributed by atoms with van der Waals surface area (Å²) in [6, 6.07) is 12.7. The predicted molar refractivity (Wildman–Crippen MR) is 127 cm³/mol. The molecule has 0 unspecified atom stereocenters. The molecule has 1 fully saturated rings. The number of carbonyl (C=O) groups is 1. The molecule has 0 bridgehead atoms. The Morgan fingerprint density at radius 2 is 1.64 bits per heavy atom. The molecule has 0 atom stereocenters. The summed E-state index contributed by atoms with van der Waals surface area (Å²) in [5, 5.41) is 9.47. The van der Waals surface area contributed by atoms with Crippen molar-refractivity contribution in [2.45, 2.75) is 43.4 Å². The van der Waals surface area contributed by atoms with Gasteiger partial charge in [0.05, 0.1) is 4.90 Å². The number of hydrogen-bond acceptors (Lipinski definition) is 4. The van der Waals surface area contributed by atoms with Crippen molar-refractivity contribution in [2.75, 3.05) is 26.2 Å². The van der Waals surface area contributed by atoms with Crippen LogP contribution in [0, 0.1) is 5.92 Å². The molecule has 0 saturated carbocycles. The van der Waals surface area contributed by atoms with E-state index in [2.05, 4.69) is 6.08 Å². The Morgan fingerprint density at radius 3 is 2.33 bits per heavy atom. The number of phenols is 1. The number of piperidine rings is 1. The first-order valence-corrected chi connectivity index (χ1v) is 13.2. The van der Waals surface area contributed by atoms with Crippen LogP contribution < -0.4 is 0 Å². The molecule has 174 valence electrons. The molecule has 0 spiro atoms. The molecule has 2 aliphatic heterocycles. The Bertz CT molecular complexity index is 1180. The highest BCUT2D eigenvalue weighted by atomic mass is 32.2. The number of amides is 1. The number of aryl methyl sites for hydroxylation is 2. The molecular weight excluding hydrogens is 436 g/mol. The maximum Gasteiger partial charge on any atom is 0.243 e. The van der Waals surface area contributed by atoms with Crippen molar-refractivity contribution in [3.8, 4) is 5.75 Å². The van der Waals surface area contributed by atoms with E-state index in [0.717, 1.165) is 36.8 Å². The summed E-state index contributed by atoms with van der Waals surface area (Å²) < 4.78 is 27.9. The van der Waals surface area contributed by atoms with E-state index in [1.165, 1.54) is 11.1 Å². The summed E-state index contributed by atoms with van der Waals surface area (Å²) in [7, 11) is -3.52. The maximum absolute atomic E-state index is 13.2. The van der Waals surface area contributed by atoms with E-state index in [-0.39, 0.29) is 17.6 Å². The highest BCUT2D eigenvalue weighted by Crippen LogP contribution is 2.30. The Labute approximate surface area is 195 Å². The maximum atomic E-state index is 13.2. The molecule has 1 amide bonds. The molecule has 2 aromatic carbocycles. The minimum atomic E-state index is -3.52. The van der Waals surface area contributed by atoms with Crippen molar-refractivity contribution < 1.29 is 18.3 Å². The van der Waals surface area contributed by atoms with Crippen molar-refractivity contribution in [3.05, 3.63) is 65.2 Å². The van der Waals surface area contributed by atoms with Crippen molar-refractivity contribution >= 4 is 21.5 Å². The van der Waals surface area contributed by atoms with Gasteiger partial charge in [-0.3, -0.25) is 4.79 Å².